The zero-order valence-electron chi connectivity index (χ0n) is 9.92. The van der Waals surface area contributed by atoms with Crippen LogP contribution in [0.1, 0.15) is 20.3 Å². The van der Waals surface area contributed by atoms with Gasteiger partial charge in [-0.15, -0.1) is 0 Å². The van der Waals surface area contributed by atoms with Gasteiger partial charge in [-0.05, 0) is 25.4 Å². The molecule has 4 nitrogen and oxygen atoms in total. The average Bonchev–Trinajstić information content (AvgIpc) is 2.50. The Bertz CT molecular complexity index is 265. The van der Waals surface area contributed by atoms with E-state index in [9.17, 15) is 4.79 Å². The molecule has 86 valence electrons. The summed E-state index contributed by atoms with van der Waals surface area (Å²) in [5.74, 6) is 0. The quantitative estimate of drug-likeness (QED) is 0.694. The number of amides is 2. The van der Waals surface area contributed by atoms with Crippen molar-refractivity contribution in [1.29, 1.82) is 0 Å². The Hall–Kier alpha value is -0.770. The van der Waals surface area contributed by atoms with Crippen molar-refractivity contribution in [3.05, 3.63) is 0 Å². The van der Waals surface area contributed by atoms with Gasteiger partial charge in [0.25, 0.3) is 0 Å². The lowest BCUT2D eigenvalue weighted by molar-refractivity contribution is 0.0436. The van der Waals surface area contributed by atoms with Gasteiger partial charge in [-0.1, -0.05) is 13.8 Å². The molecule has 2 aliphatic heterocycles. The van der Waals surface area contributed by atoms with E-state index in [1.807, 2.05) is 4.90 Å². The molecule has 1 unspecified atom stereocenters. The molecule has 1 N–H and O–H groups in total. The van der Waals surface area contributed by atoms with Gasteiger partial charge in [0.2, 0.25) is 0 Å². The van der Waals surface area contributed by atoms with E-state index in [-0.39, 0.29) is 11.4 Å². The van der Waals surface area contributed by atoms with Crippen molar-refractivity contribution in [2.24, 2.45) is 5.41 Å². The number of rotatable bonds is 1. The maximum absolute atomic E-state index is 11.6. The molecule has 0 saturated carbocycles. The van der Waals surface area contributed by atoms with Crippen LogP contribution in [0, 0.1) is 5.41 Å². The van der Waals surface area contributed by atoms with E-state index in [4.69, 9.17) is 0 Å². The van der Waals surface area contributed by atoms with Crippen molar-refractivity contribution >= 4 is 6.03 Å². The Morgan fingerprint density at radius 2 is 2.13 bits per heavy atom. The van der Waals surface area contributed by atoms with E-state index in [1.54, 1.807) is 0 Å². The van der Waals surface area contributed by atoms with Gasteiger partial charge in [-0.3, -0.25) is 0 Å². The summed E-state index contributed by atoms with van der Waals surface area (Å²) in [6, 6.07) is 0.522. The fourth-order valence-electron chi connectivity index (χ4n) is 2.97. The van der Waals surface area contributed by atoms with E-state index in [0.717, 1.165) is 32.6 Å². The lowest BCUT2D eigenvalue weighted by atomic mass is 9.78. The standard InChI is InChI=1S/C11H21N3O/c1-11(2)8-13(3)6-4-9(11)14-7-5-12-10(14)15/h9H,4-8H2,1-3H3,(H,12,15). The predicted molar refractivity (Wildman–Crippen MR) is 59.8 cm³/mol. The van der Waals surface area contributed by atoms with Gasteiger partial charge in [-0.2, -0.15) is 0 Å². The van der Waals surface area contributed by atoms with E-state index in [2.05, 4.69) is 31.1 Å². The molecular formula is C11H21N3O. The maximum Gasteiger partial charge on any atom is 0.317 e. The SMILES string of the molecule is CN1CCC(N2CCNC2=O)C(C)(C)C1. The molecule has 0 radical (unpaired) electrons. The molecule has 15 heavy (non-hydrogen) atoms. The van der Waals surface area contributed by atoms with Gasteiger partial charge in [-0.25, -0.2) is 4.79 Å². The Morgan fingerprint density at radius 1 is 1.40 bits per heavy atom. The van der Waals surface area contributed by atoms with Gasteiger partial charge in [0.15, 0.2) is 0 Å². The summed E-state index contributed by atoms with van der Waals surface area (Å²) in [6.07, 6.45) is 1.09. The molecule has 0 aromatic rings. The molecule has 2 rings (SSSR count). The molecule has 2 fully saturated rings. The number of nitrogens with zero attached hydrogens (tertiary/aromatic N) is 2. The third-order valence-electron chi connectivity index (χ3n) is 3.63. The van der Waals surface area contributed by atoms with Crippen LogP contribution < -0.4 is 5.32 Å². The fourth-order valence-corrected chi connectivity index (χ4v) is 2.97. The first-order valence-corrected chi connectivity index (χ1v) is 5.74. The average molecular weight is 211 g/mol. The maximum atomic E-state index is 11.6. The highest BCUT2D eigenvalue weighted by Crippen LogP contribution is 2.33. The van der Waals surface area contributed by atoms with Gasteiger partial charge in [0.1, 0.15) is 0 Å². The Kier molecular flexibility index (Phi) is 2.63. The molecule has 2 amide bonds. The zero-order chi connectivity index (χ0) is 11.1. The number of carbonyl (C=O) groups excluding carboxylic acids is 1. The summed E-state index contributed by atoms with van der Waals surface area (Å²) in [4.78, 5) is 16.0. The van der Waals surface area contributed by atoms with Crippen LogP contribution in [0.3, 0.4) is 0 Å². The minimum atomic E-state index is 0.123. The molecule has 2 heterocycles. The summed E-state index contributed by atoms with van der Waals surface area (Å²) in [5.41, 5.74) is 0.203. The smallest absolute Gasteiger partial charge is 0.317 e. The molecule has 4 heteroatoms. The first kappa shape index (κ1) is 10.7. The molecule has 0 aliphatic carbocycles. The molecule has 2 aliphatic rings. The van der Waals surface area contributed by atoms with Crippen LogP contribution >= 0.6 is 0 Å². The van der Waals surface area contributed by atoms with Crippen LogP contribution in [0.5, 0.6) is 0 Å². The van der Waals surface area contributed by atoms with E-state index in [0.29, 0.717) is 6.04 Å². The van der Waals surface area contributed by atoms with Crippen LogP contribution in [0.25, 0.3) is 0 Å². The van der Waals surface area contributed by atoms with Crippen molar-refractivity contribution in [3.63, 3.8) is 0 Å². The van der Waals surface area contributed by atoms with Crippen LogP contribution in [-0.2, 0) is 0 Å². The van der Waals surface area contributed by atoms with Gasteiger partial charge in [0, 0.05) is 25.7 Å². The fraction of sp³-hybridized carbons (Fsp3) is 0.909. The number of piperidine rings is 1. The molecule has 0 bridgehead atoms. The predicted octanol–water partition coefficient (Wildman–Crippen LogP) is 0.742. The second-order valence-electron chi connectivity index (χ2n) is 5.46. The van der Waals surface area contributed by atoms with Crippen LogP contribution in [-0.4, -0.2) is 55.1 Å². The highest BCUT2D eigenvalue weighted by Gasteiger charge is 2.41. The Labute approximate surface area is 91.6 Å². The minimum absolute atomic E-state index is 0.123. The van der Waals surface area contributed by atoms with Crippen LogP contribution in [0.2, 0.25) is 0 Å². The Morgan fingerprint density at radius 3 is 2.67 bits per heavy atom. The first-order chi connectivity index (χ1) is 7.00. The Balaban J connectivity index is 2.11. The highest BCUT2D eigenvalue weighted by molar-refractivity contribution is 5.76. The van der Waals surface area contributed by atoms with Gasteiger partial charge >= 0.3 is 6.03 Å². The molecule has 1 atom stereocenters. The molecule has 0 aromatic carbocycles. The lowest BCUT2D eigenvalue weighted by Crippen LogP contribution is -2.55. The zero-order valence-corrected chi connectivity index (χ0v) is 9.92. The number of carbonyl (C=O) groups is 1. The lowest BCUT2D eigenvalue weighted by Gasteiger charge is -2.46. The van der Waals surface area contributed by atoms with Crippen molar-refractivity contribution in [2.75, 3.05) is 33.2 Å². The molecule has 2 saturated heterocycles. The summed E-state index contributed by atoms with van der Waals surface area (Å²) >= 11 is 0. The van der Waals surface area contributed by atoms with Gasteiger partial charge < -0.3 is 15.1 Å². The second-order valence-corrected chi connectivity index (χ2v) is 5.46. The normalized spacial score (nSPS) is 31.8. The number of likely N-dealkylation sites (tertiary alicyclic amines) is 1. The molecule has 0 aromatic heterocycles. The monoisotopic (exact) mass is 211 g/mol. The molecule has 0 spiro atoms. The van der Waals surface area contributed by atoms with Crippen LogP contribution in [0.4, 0.5) is 4.79 Å². The van der Waals surface area contributed by atoms with E-state index >= 15 is 0 Å². The summed E-state index contributed by atoms with van der Waals surface area (Å²) in [5, 5.41) is 2.89. The minimum Gasteiger partial charge on any atom is -0.336 e. The largest absolute Gasteiger partial charge is 0.336 e. The number of urea groups is 1. The molecular weight excluding hydrogens is 190 g/mol. The van der Waals surface area contributed by atoms with Crippen molar-refractivity contribution in [2.45, 2.75) is 26.3 Å². The third-order valence-corrected chi connectivity index (χ3v) is 3.63. The highest BCUT2D eigenvalue weighted by atomic mass is 16.2. The third kappa shape index (κ3) is 1.95. The van der Waals surface area contributed by atoms with Crippen molar-refractivity contribution < 1.29 is 4.79 Å². The number of nitrogens with one attached hydrogen (secondary N) is 1. The first-order valence-electron chi connectivity index (χ1n) is 5.74. The van der Waals surface area contributed by atoms with E-state index < -0.39 is 0 Å². The number of hydrogen-bond donors (Lipinski definition) is 1. The van der Waals surface area contributed by atoms with Crippen molar-refractivity contribution in [3.8, 4) is 0 Å². The summed E-state index contributed by atoms with van der Waals surface area (Å²) in [7, 11) is 2.15. The van der Waals surface area contributed by atoms with Crippen molar-refractivity contribution in [1.82, 2.24) is 15.1 Å². The van der Waals surface area contributed by atoms with Gasteiger partial charge in [0.05, 0.1) is 0 Å². The van der Waals surface area contributed by atoms with Crippen LogP contribution in [0.15, 0.2) is 0 Å². The second kappa shape index (κ2) is 3.67. The topological polar surface area (TPSA) is 35.6 Å². The summed E-state index contributed by atoms with van der Waals surface area (Å²) < 4.78 is 0. The van der Waals surface area contributed by atoms with E-state index in [1.165, 1.54) is 0 Å². The summed E-state index contributed by atoms with van der Waals surface area (Å²) in [6.45, 7) is 8.37. The number of hydrogen-bond acceptors (Lipinski definition) is 2.